The number of benzene rings is 2. The summed E-state index contributed by atoms with van der Waals surface area (Å²) < 4.78 is 1.40. The zero-order chi connectivity index (χ0) is 21.3. The fourth-order valence-electron chi connectivity index (χ4n) is 4.24. The Labute approximate surface area is 174 Å². The molecule has 30 heavy (non-hydrogen) atoms. The van der Waals surface area contributed by atoms with Gasteiger partial charge in [0.15, 0.2) is 0 Å². The number of fused-ring (bicyclic) bond motifs is 1. The second-order valence-corrected chi connectivity index (χ2v) is 8.11. The van der Waals surface area contributed by atoms with Crippen LogP contribution in [0.15, 0.2) is 59.7 Å². The van der Waals surface area contributed by atoms with Crippen LogP contribution < -0.4 is 5.56 Å². The normalized spacial score (nSPS) is 21.7. The van der Waals surface area contributed by atoms with E-state index in [4.69, 9.17) is 0 Å². The van der Waals surface area contributed by atoms with Crippen molar-refractivity contribution in [1.82, 2.24) is 14.5 Å². The van der Waals surface area contributed by atoms with Crippen LogP contribution in [-0.4, -0.2) is 56.4 Å². The number of aliphatic hydroxyl groups is 2. The van der Waals surface area contributed by atoms with Crippen molar-refractivity contribution in [2.45, 2.75) is 18.9 Å². The van der Waals surface area contributed by atoms with Gasteiger partial charge < -0.3 is 19.7 Å². The van der Waals surface area contributed by atoms with Gasteiger partial charge in [-0.05, 0) is 36.6 Å². The lowest BCUT2D eigenvalue weighted by Gasteiger charge is -2.45. The highest BCUT2D eigenvalue weighted by Gasteiger charge is 2.43. The summed E-state index contributed by atoms with van der Waals surface area (Å²) in [6, 6.07) is 14.6. The van der Waals surface area contributed by atoms with Crippen LogP contribution in [-0.2, 0) is 13.5 Å². The van der Waals surface area contributed by atoms with Crippen LogP contribution in [0.4, 0.5) is 0 Å². The Kier molecular flexibility index (Phi) is 5.40. The van der Waals surface area contributed by atoms with E-state index in [0.717, 1.165) is 5.56 Å². The summed E-state index contributed by atoms with van der Waals surface area (Å²) in [7, 11) is 1.63. The molecule has 1 aromatic heterocycles. The second-order valence-electron chi connectivity index (χ2n) is 8.11. The molecule has 7 nitrogen and oxygen atoms in total. The van der Waals surface area contributed by atoms with Crippen LogP contribution in [0, 0.1) is 5.41 Å². The SMILES string of the molecule is Cn1cnc2cc(C(=O)N3CC[C@@H](O)[C@@](CO)(Cc4ccccc4)C3)ccc2c1=O. The molecule has 3 aromatic rings. The maximum Gasteiger partial charge on any atom is 0.260 e. The number of aryl methyl sites for hydroxylation is 1. The molecule has 4 rings (SSSR count). The molecular formula is C23H25N3O4. The molecule has 2 N–H and O–H groups in total. The maximum absolute atomic E-state index is 13.2. The number of carbonyl (C=O) groups is 1. The molecule has 156 valence electrons. The van der Waals surface area contributed by atoms with Gasteiger partial charge in [0.05, 0.1) is 29.9 Å². The van der Waals surface area contributed by atoms with Crippen molar-refractivity contribution in [3.05, 3.63) is 76.3 Å². The average molecular weight is 407 g/mol. The molecule has 0 unspecified atom stereocenters. The first-order chi connectivity index (χ1) is 14.4. The lowest BCUT2D eigenvalue weighted by Crippen LogP contribution is -2.56. The summed E-state index contributed by atoms with van der Waals surface area (Å²) in [6.07, 6.45) is 1.61. The Morgan fingerprint density at radius 3 is 2.73 bits per heavy atom. The Hall–Kier alpha value is -3.03. The molecule has 0 saturated carbocycles. The maximum atomic E-state index is 13.2. The van der Waals surface area contributed by atoms with Crippen molar-refractivity contribution in [2.75, 3.05) is 19.7 Å². The predicted octanol–water partition coefficient (Wildman–Crippen LogP) is 1.36. The molecule has 1 aliphatic rings. The summed E-state index contributed by atoms with van der Waals surface area (Å²) in [5.41, 5.74) is 0.929. The molecule has 1 aliphatic heterocycles. The summed E-state index contributed by atoms with van der Waals surface area (Å²) in [5.74, 6) is -0.197. The van der Waals surface area contributed by atoms with Gasteiger partial charge in [0.1, 0.15) is 0 Å². The quantitative estimate of drug-likeness (QED) is 0.681. The molecule has 0 radical (unpaired) electrons. The summed E-state index contributed by atoms with van der Waals surface area (Å²) >= 11 is 0. The van der Waals surface area contributed by atoms with E-state index in [2.05, 4.69) is 4.98 Å². The Morgan fingerprint density at radius 1 is 1.23 bits per heavy atom. The Morgan fingerprint density at radius 2 is 2.00 bits per heavy atom. The minimum Gasteiger partial charge on any atom is -0.396 e. The van der Waals surface area contributed by atoms with E-state index in [1.54, 1.807) is 30.1 Å². The highest BCUT2D eigenvalue weighted by Crippen LogP contribution is 2.34. The molecule has 0 spiro atoms. The minimum atomic E-state index is -0.819. The lowest BCUT2D eigenvalue weighted by molar-refractivity contribution is -0.0668. The third-order valence-corrected chi connectivity index (χ3v) is 6.05. The number of hydrogen-bond donors (Lipinski definition) is 2. The van der Waals surface area contributed by atoms with Gasteiger partial charge in [0.2, 0.25) is 0 Å². The molecule has 1 amide bonds. The largest absolute Gasteiger partial charge is 0.396 e. The van der Waals surface area contributed by atoms with Crippen molar-refractivity contribution in [2.24, 2.45) is 12.5 Å². The van der Waals surface area contributed by atoms with E-state index in [0.29, 0.717) is 35.9 Å². The first kappa shape index (κ1) is 20.3. The van der Waals surface area contributed by atoms with Gasteiger partial charge in [-0.25, -0.2) is 4.98 Å². The van der Waals surface area contributed by atoms with E-state index in [9.17, 15) is 19.8 Å². The standard InChI is InChI=1S/C23H25N3O4/c1-25-15-24-19-11-17(7-8-18(19)22(25)30)21(29)26-10-9-20(28)23(13-26,14-27)12-16-5-3-2-4-6-16/h2-8,11,15,20,27-28H,9-10,12-14H2,1H3/t20-,23+/m1/s1. The number of carbonyl (C=O) groups excluding carboxylic acids is 1. The van der Waals surface area contributed by atoms with Crippen LogP contribution >= 0.6 is 0 Å². The van der Waals surface area contributed by atoms with Gasteiger partial charge in [-0.3, -0.25) is 9.59 Å². The first-order valence-electron chi connectivity index (χ1n) is 10.0. The van der Waals surface area contributed by atoms with Crippen molar-refractivity contribution in [3.63, 3.8) is 0 Å². The molecule has 7 heteroatoms. The highest BCUT2D eigenvalue weighted by molar-refractivity contribution is 5.97. The minimum absolute atomic E-state index is 0.165. The lowest BCUT2D eigenvalue weighted by atomic mass is 9.73. The zero-order valence-corrected chi connectivity index (χ0v) is 16.9. The topological polar surface area (TPSA) is 95.7 Å². The van der Waals surface area contributed by atoms with Crippen LogP contribution in [0.1, 0.15) is 22.3 Å². The van der Waals surface area contributed by atoms with E-state index in [1.807, 2.05) is 30.3 Å². The van der Waals surface area contributed by atoms with E-state index in [1.165, 1.54) is 10.9 Å². The van der Waals surface area contributed by atoms with Crippen LogP contribution in [0.25, 0.3) is 10.9 Å². The monoisotopic (exact) mass is 407 g/mol. The first-order valence-corrected chi connectivity index (χ1v) is 10.0. The average Bonchev–Trinajstić information content (AvgIpc) is 2.78. The number of aromatic nitrogens is 2. The summed E-state index contributed by atoms with van der Waals surface area (Å²) in [6.45, 7) is 0.432. The summed E-state index contributed by atoms with van der Waals surface area (Å²) in [5, 5.41) is 21.4. The number of nitrogens with zero attached hydrogens (tertiary/aromatic N) is 3. The Bertz CT molecular complexity index is 1130. The number of hydrogen-bond acceptors (Lipinski definition) is 5. The Balaban J connectivity index is 1.62. The predicted molar refractivity (Wildman–Crippen MR) is 113 cm³/mol. The molecule has 2 aromatic carbocycles. The third kappa shape index (κ3) is 3.62. The van der Waals surface area contributed by atoms with E-state index < -0.39 is 11.5 Å². The van der Waals surface area contributed by atoms with Crippen molar-refractivity contribution < 1.29 is 15.0 Å². The van der Waals surface area contributed by atoms with Gasteiger partial charge in [-0.2, -0.15) is 0 Å². The molecule has 0 bridgehead atoms. The molecule has 2 atom stereocenters. The number of rotatable bonds is 4. The summed E-state index contributed by atoms with van der Waals surface area (Å²) in [4.78, 5) is 31.4. The van der Waals surface area contributed by atoms with Gasteiger partial charge in [-0.15, -0.1) is 0 Å². The van der Waals surface area contributed by atoms with Crippen LogP contribution in [0.3, 0.4) is 0 Å². The molecule has 1 saturated heterocycles. The zero-order valence-electron chi connectivity index (χ0n) is 16.9. The van der Waals surface area contributed by atoms with Gasteiger partial charge in [-0.1, -0.05) is 30.3 Å². The molecule has 2 heterocycles. The van der Waals surface area contributed by atoms with Crippen LogP contribution in [0.5, 0.6) is 0 Å². The van der Waals surface area contributed by atoms with Gasteiger partial charge in [0, 0.05) is 31.1 Å². The fourth-order valence-corrected chi connectivity index (χ4v) is 4.24. The number of likely N-dealkylation sites (tertiary alicyclic amines) is 1. The van der Waals surface area contributed by atoms with E-state index >= 15 is 0 Å². The van der Waals surface area contributed by atoms with Crippen LogP contribution in [0.2, 0.25) is 0 Å². The van der Waals surface area contributed by atoms with Crippen molar-refractivity contribution >= 4 is 16.8 Å². The molecule has 0 aliphatic carbocycles. The smallest absolute Gasteiger partial charge is 0.260 e. The second kappa shape index (κ2) is 8.01. The number of aliphatic hydroxyl groups excluding tert-OH is 2. The van der Waals surface area contributed by atoms with Gasteiger partial charge in [0.25, 0.3) is 11.5 Å². The van der Waals surface area contributed by atoms with Gasteiger partial charge >= 0.3 is 0 Å². The fraction of sp³-hybridized carbons (Fsp3) is 0.348. The molecular weight excluding hydrogens is 382 g/mol. The number of amides is 1. The third-order valence-electron chi connectivity index (χ3n) is 6.05. The number of piperidine rings is 1. The highest BCUT2D eigenvalue weighted by atomic mass is 16.3. The van der Waals surface area contributed by atoms with Crippen molar-refractivity contribution in [3.8, 4) is 0 Å². The molecule has 1 fully saturated rings. The van der Waals surface area contributed by atoms with Crippen molar-refractivity contribution in [1.29, 1.82) is 0 Å². The van der Waals surface area contributed by atoms with E-state index in [-0.39, 0.29) is 24.6 Å².